The smallest absolute Gasteiger partial charge is 0.128 e. The van der Waals surface area contributed by atoms with Gasteiger partial charge in [0.1, 0.15) is 45.0 Å². The van der Waals surface area contributed by atoms with Crippen LogP contribution in [0, 0.1) is 0 Å². The molecule has 2 heterocycles. The second-order valence-electron chi connectivity index (χ2n) is 7.62. The molecular weight excluding hydrogens is 314 g/mol. The molecule has 0 aromatic heterocycles. The monoisotopic (exact) mass is 350 g/mol. The van der Waals surface area contributed by atoms with Crippen molar-refractivity contribution < 1.29 is 24.5 Å². The average Bonchev–Trinajstić information content (AvgIpc) is 2.65. The number of aliphatic hydroxyl groups is 1. The largest absolute Gasteiger partial charge is 0.493 e. The Kier molecular flexibility index (Phi) is 7.11. The zero-order chi connectivity index (χ0) is 17.5. The van der Waals surface area contributed by atoms with Crippen molar-refractivity contribution in [2.75, 3.05) is 59.0 Å². The minimum Gasteiger partial charge on any atom is -0.493 e. The number of piperidine rings is 1. The number of ether oxygens (including phenoxy) is 1. The molecule has 5 heteroatoms. The number of hydrogen-bond donors (Lipinski definition) is 4. The molecule has 25 heavy (non-hydrogen) atoms. The maximum Gasteiger partial charge on any atom is 0.128 e. The lowest BCUT2D eigenvalue weighted by molar-refractivity contribution is -1.03. The summed E-state index contributed by atoms with van der Waals surface area (Å²) in [5.74, 6) is 1.06. The third-order valence-electron chi connectivity index (χ3n) is 6.05. The predicted molar refractivity (Wildman–Crippen MR) is 98.4 cm³/mol. The van der Waals surface area contributed by atoms with Crippen LogP contribution in [0.3, 0.4) is 0 Å². The first-order valence-electron chi connectivity index (χ1n) is 10.1. The molecule has 2 aliphatic rings. The number of likely N-dealkylation sites (tertiary alicyclic amines) is 1. The van der Waals surface area contributed by atoms with Crippen LogP contribution in [0.2, 0.25) is 0 Å². The molecule has 0 amide bonds. The fraction of sp³-hybridized carbons (Fsp3) is 0.700. The number of rotatable bonds is 7. The first kappa shape index (κ1) is 18.6. The molecule has 0 unspecified atom stereocenters. The lowest BCUT2D eigenvalue weighted by Gasteiger charge is -2.37. The van der Waals surface area contributed by atoms with Gasteiger partial charge in [0.05, 0.1) is 32.3 Å². The molecular formula is C20H36N3O2+3. The van der Waals surface area contributed by atoms with E-state index in [0.29, 0.717) is 6.61 Å². The summed E-state index contributed by atoms with van der Waals surface area (Å²) in [4.78, 5) is 5.10. The number of piperazine rings is 1. The third-order valence-corrected chi connectivity index (χ3v) is 6.05. The van der Waals surface area contributed by atoms with Crippen LogP contribution in [0.15, 0.2) is 24.3 Å². The van der Waals surface area contributed by atoms with E-state index in [-0.39, 0.29) is 0 Å². The number of benzene rings is 1. The SMILES string of the molecule is CCOc1ccccc1C[NH+]1CCC([NH+]2CC[NH+](CCO)CC2)CC1. The molecule has 2 saturated heterocycles. The highest BCUT2D eigenvalue weighted by Crippen LogP contribution is 2.16. The number of aliphatic hydroxyl groups excluding tert-OH is 1. The van der Waals surface area contributed by atoms with E-state index in [9.17, 15) is 0 Å². The van der Waals surface area contributed by atoms with Crippen LogP contribution in [0.1, 0.15) is 25.3 Å². The number of quaternary nitrogens is 3. The summed E-state index contributed by atoms with van der Waals surface area (Å²) in [5, 5.41) is 9.10. The molecule has 0 atom stereocenters. The molecule has 0 spiro atoms. The highest BCUT2D eigenvalue weighted by atomic mass is 16.5. The second-order valence-corrected chi connectivity index (χ2v) is 7.62. The van der Waals surface area contributed by atoms with Crippen LogP contribution in [0.5, 0.6) is 5.75 Å². The summed E-state index contributed by atoms with van der Waals surface area (Å²) in [6.07, 6.45) is 2.69. The lowest BCUT2D eigenvalue weighted by Crippen LogP contribution is -3.30. The van der Waals surface area contributed by atoms with Crippen LogP contribution in [-0.2, 0) is 6.54 Å². The topological polar surface area (TPSA) is 42.8 Å². The van der Waals surface area contributed by atoms with Crippen molar-refractivity contribution in [3.05, 3.63) is 29.8 Å². The first-order valence-corrected chi connectivity index (χ1v) is 10.1. The van der Waals surface area contributed by atoms with E-state index in [1.807, 2.05) is 4.90 Å². The molecule has 2 aliphatic heterocycles. The van der Waals surface area contributed by atoms with Gasteiger partial charge in [0, 0.05) is 18.4 Å². The average molecular weight is 351 g/mol. The minimum atomic E-state index is 0.329. The Hall–Kier alpha value is -1.14. The van der Waals surface area contributed by atoms with Crippen molar-refractivity contribution in [1.82, 2.24) is 0 Å². The second kappa shape index (κ2) is 9.53. The molecule has 0 saturated carbocycles. The van der Waals surface area contributed by atoms with Crippen LogP contribution >= 0.6 is 0 Å². The van der Waals surface area contributed by atoms with E-state index in [2.05, 4.69) is 31.2 Å². The molecule has 2 fully saturated rings. The van der Waals surface area contributed by atoms with E-state index in [1.54, 1.807) is 9.80 Å². The van der Waals surface area contributed by atoms with Crippen molar-refractivity contribution in [3.63, 3.8) is 0 Å². The quantitative estimate of drug-likeness (QED) is 0.436. The highest BCUT2D eigenvalue weighted by molar-refractivity contribution is 5.32. The van der Waals surface area contributed by atoms with Crippen molar-refractivity contribution in [2.24, 2.45) is 0 Å². The van der Waals surface area contributed by atoms with Gasteiger partial charge in [0.15, 0.2) is 0 Å². The van der Waals surface area contributed by atoms with Gasteiger partial charge in [-0.25, -0.2) is 0 Å². The van der Waals surface area contributed by atoms with Crippen LogP contribution < -0.4 is 19.4 Å². The number of hydrogen-bond acceptors (Lipinski definition) is 2. The van der Waals surface area contributed by atoms with Gasteiger partial charge in [0.2, 0.25) is 0 Å². The molecule has 5 nitrogen and oxygen atoms in total. The maximum absolute atomic E-state index is 9.10. The first-order chi connectivity index (χ1) is 12.3. The normalized spacial score (nSPS) is 30.2. The Morgan fingerprint density at radius 1 is 1.00 bits per heavy atom. The summed E-state index contributed by atoms with van der Waals surface area (Å²) >= 11 is 0. The van der Waals surface area contributed by atoms with Crippen LogP contribution in [-0.4, -0.2) is 70.2 Å². The lowest BCUT2D eigenvalue weighted by atomic mass is 10.0. The summed E-state index contributed by atoms with van der Waals surface area (Å²) < 4.78 is 5.79. The Morgan fingerprint density at radius 2 is 1.72 bits per heavy atom. The minimum absolute atomic E-state index is 0.329. The fourth-order valence-corrected chi connectivity index (χ4v) is 4.57. The number of nitrogens with one attached hydrogen (secondary N) is 3. The van der Waals surface area contributed by atoms with Gasteiger partial charge in [-0.2, -0.15) is 0 Å². The van der Waals surface area contributed by atoms with Gasteiger partial charge in [-0.05, 0) is 19.1 Å². The Balaban J connectivity index is 1.45. The van der Waals surface area contributed by atoms with E-state index < -0.39 is 0 Å². The summed E-state index contributed by atoms with van der Waals surface area (Å²) in [6, 6.07) is 9.36. The molecule has 0 bridgehead atoms. The third kappa shape index (κ3) is 5.17. The molecule has 0 aliphatic carbocycles. The number of para-hydroxylation sites is 1. The van der Waals surface area contributed by atoms with E-state index in [0.717, 1.165) is 31.5 Å². The zero-order valence-electron chi connectivity index (χ0n) is 15.7. The summed E-state index contributed by atoms with van der Waals surface area (Å²) in [6.45, 7) is 12.7. The van der Waals surface area contributed by atoms with Gasteiger partial charge in [-0.1, -0.05) is 12.1 Å². The molecule has 140 valence electrons. The van der Waals surface area contributed by atoms with Crippen molar-refractivity contribution >= 4 is 0 Å². The molecule has 0 radical (unpaired) electrons. The zero-order valence-corrected chi connectivity index (χ0v) is 15.7. The van der Waals surface area contributed by atoms with E-state index in [4.69, 9.17) is 9.84 Å². The van der Waals surface area contributed by atoms with Gasteiger partial charge in [0.25, 0.3) is 0 Å². The standard InChI is InChI=1S/C20H33N3O2/c1-2-25-20-6-4-3-5-18(20)17-22-9-7-19(8-10-22)23-13-11-21(12-14-23)15-16-24/h3-6,19,24H,2,7-17H2,1H3/p+3. The van der Waals surface area contributed by atoms with Crippen LogP contribution in [0.4, 0.5) is 0 Å². The highest BCUT2D eigenvalue weighted by Gasteiger charge is 2.33. The van der Waals surface area contributed by atoms with Gasteiger partial charge >= 0.3 is 0 Å². The van der Waals surface area contributed by atoms with Crippen molar-refractivity contribution in [1.29, 1.82) is 0 Å². The van der Waals surface area contributed by atoms with Gasteiger partial charge < -0.3 is 24.5 Å². The van der Waals surface area contributed by atoms with Crippen molar-refractivity contribution in [2.45, 2.75) is 32.4 Å². The fourth-order valence-electron chi connectivity index (χ4n) is 4.57. The Morgan fingerprint density at radius 3 is 2.40 bits per heavy atom. The van der Waals surface area contributed by atoms with Gasteiger partial charge in [-0.3, -0.25) is 0 Å². The Labute approximate surface area is 152 Å². The molecule has 1 aromatic carbocycles. The maximum atomic E-state index is 9.10. The molecule has 1 aromatic rings. The Bertz CT molecular complexity index is 509. The van der Waals surface area contributed by atoms with Gasteiger partial charge in [-0.15, -0.1) is 0 Å². The van der Waals surface area contributed by atoms with E-state index in [1.165, 1.54) is 57.7 Å². The molecule has 3 rings (SSSR count). The molecule has 4 N–H and O–H groups in total. The van der Waals surface area contributed by atoms with Crippen LogP contribution in [0.25, 0.3) is 0 Å². The summed E-state index contributed by atoms with van der Waals surface area (Å²) in [7, 11) is 0. The van der Waals surface area contributed by atoms with Crippen molar-refractivity contribution in [3.8, 4) is 5.75 Å². The van der Waals surface area contributed by atoms with E-state index >= 15 is 0 Å². The predicted octanol–water partition coefficient (Wildman–Crippen LogP) is -2.59. The summed E-state index contributed by atoms with van der Waals surface area (Å²) in [5.41, 5.74) is 1.35.